The molecule has 1 aromatic heterocycles. The molecule has 0 spiro atoms. The molecule has 2 heterocycles. The molecule has 0 fully saturated rings. The number of fused-ring (bicyclic) bond motifs is 3. The van der Waals surface area contributed by atoms with Gasteiger partial charge in [-0.3, -0.25) is 0 Å². The summed E-state index contributed by atoms with van der Waals surface area (Å²) in [4.78, 5) is 14.7. The second kappa shape index (κ2) is 4.70. The number of nitrogens with one attached hydrogen (secondary N) is 1. The van der Waals surface area contributed by atoms with Gasteiger partial charge in [-0.25, -0.2) is 0 Å². The molecule has 1 aliphatic heterocycles. The summed E-state index contributed by atoms with van der Waals surface area (Å²) in [5.74, 6) is -0.961. The fraction of sp³-hybridized carbons (Fsp3) is 0.400. The average Bonchev–Trinajstić information content (AvgIpc) is 2.78. The van der Waals surface area contributed by atoms with Crippen LogP contribution in [0.4, 0.5) is 0 Å². The lowest BCUT2D eigenvalue weighted by Gasteiger charge is -2.28. The van der Waals surface area contributed by atoms with Gasteiger partial charge in [-0.1, -0.05) is 31.5 Å². The van der Waals surface area contributed by atoms with E-state index in [0.717, 1.165) is 29.3 Å². The number of carboxylic acid groups (broad SMARTS) is 1. The molecule has 100 valence electrons. The topological polar surface area (TPSA) is 72.5 Å². The number of carbonyl (C=O) groups is 1. The van der Waals surface area contributed by atoms with Crippen molar-refractivity contribution in [2.75, 3.05) is 0 Å². The molecule has 3 rings (SSSR count). The van der Waals surface area contributed by atoms with E-state index in [2.05, 4.69) is 18.0 Å². The highest BCUT2D eigenvalue weighted by Gasteiger charge is 2.32. The van der Waals surface area contributed by atoms with E-state index in [1.54, 1.807) is 0 Å². The van der Waals surface area contributed by atoms with Crippen LogP contribution in [-0.2, 0) is 11.2 Å². The number of aliphatic carboxylic acids is 1. The maximum Gasteiger partial charge on any atom is 0.131 e. The third kappa shape index (κ3) is 2.02. The van der Waals surface area contributed by atoms with Gasteiger partial charge in [-0.15, -0.1) is 0 Å². The highest BCUT2D eigenvalue weighted by molar-refractivity contribution is 5.86. The van der Waals surface area contributed by atoms with Gasteiger partial charge in [0.15, 0.2) is 0 Å². The normalized spacial score (nSPS) is 22.4. The number of hydrogen-bond donors (Lipinski definition) is 2. The summed E-state index contributed by atoms with van der Waals surface area (Å²) in [5, 5.41) is 14.3. The minimum atomic E-state index is -0.961. The van der Waals surface area contributed by atoms with Crippen LogP contribution in [0.3, 0.4) is 0 Å². The van der Waals surface area contributed by atoms with E-state index in [9.17, 15) is 9.90 Å². The predicted molar refractivity (Wildman–Crippen MR) is 70.4 cm³/mol. The van der Waals surface area contributed by atoms with Crippen LogP contribution in [0.2, 0.25) is 0 Å². The van der Waals surface area contributed by atoms with Gasteiger partial charge < -0.3 is 20.2 Å². The molecule has 3 N–H and O–H groups in total. The molecular formula is C15H18N2O2. The zero-order chi connectivity index (χ0) is 13.4. The Morgan fingerprint density at radius 3 is 3.00 bits per heavy atom. The number of nitrogens with two attached hydrogens (primary N) is 1. The molecule has 0 amide bonds. The minimum Gasteiger partial charge on any atom is -0.544 e. The lowest BCUT2D eigenvalue weighted by molar-refractivity contribution is -0.726. The first-order valence-electron chi connectivity index (χ1n) is 6.86. The summed E-state index contributed by atoms with van der Waals surface area (Å²) in [6, 6.07) is 7.83. The van der Waals surface area contributed by atoms with Crippen LogP contribution in [0, 0.1) is 0 Å². The summed E-state index contributed by atoms with van der Waals surface area (Å²) in [6.07, 6.45) is 2.56. The molecule has 4 nitrogen and oxygen atoms in total. The molecule has 4 heteroatoms. The molecule has 0 saturated heterocycles. The van der Waals surface area contributed by atoms with Crippen molar-refractivity contribution in [3.8, 4) is 0 Å². The van der Waals surface area contributed by atoms with Crippen molar-refractivity contribution >= 4 is 16.9 Å². The summed E-state index contributed by atoms with van der Waals surface area (Å²) in [6.45, 7) is 2.12. The molecule has 1 aliphatic rings. The van der Waals surface area contributed by atoms with E-state index in [1.165, 1.54) is 5.69 Å². The molecule has 0 unspecified atom stereocenters. The Bertz CT molecular complexity index is 618. The second-order valence-electron chi connectivity index (χ2n) is 5.28. The van der Waals surface area contributed by atoms with Crippen LogP contribution in [0.15, 0.2) is 24.3 Å². The first-order chi connectivity index (χ1) is 9.20. The van der Waals surface area contributed by atoms with Crippen molar-refractivity contribution in [3.63, 3.8) is 0 Å². The standard InChI is InChI=1S/C15H18N2O2/c1-2-5-12-14-10(8-13(16-12)15(18)19)9-6-3-4-7-11(9)17-14/h3-4,6-7,12-13,16-17H,2,5,8H2,1H3,(H,18,19)/t12-,13-/m1/s1. The van der Waals surface area contributed by atoms with E-state index in [1.807, 2.05) is 23.5 Å². The lowest BCUT2D eigenvalue weighted by atomic mass is 9.92. The Hall–Kier alpha value is -1.81. The van der Waals surface area contributed by atoms with E-state index in [0.29, 0.717) is 6.42 Å². The summed E-state index contributed by atoms with van der Waals surface area (Å²) >= 11 is 0. The fourth-order valence-electron chi connectivity index (χ4n) is 3.14. The van der Waals surface area contributed by atoms with Crippen LogP contribution < -0.4 is 10.4 Å². The summed E-state index contributed by atoms with van der Waals surface area (Å²) in [5.41, 5.74) is 3.45. The van der Waals surface area contributed by atoms with Gasteiger partial charge in [0.05, 0.1) is 11.7 Å². The molecule has 0 saturated carbocycles. The van der Waals surface area contributed by atoms with Gasteiger partial charge in [0.25, 0.3) is 0 Å². The number of para-hydroxylation sites is 1. The number of carboxylic acids is 1. The highest BCUT2D eigenvalue weighted by atomic mass is 16.4. The molecule has 1 aromatic carbocycles. The van der Waals surface area contributed by atoms with Crippen molar-refractivity contribution in [1.82, 2.24) is 4.98 Å². The third-order valence-electron chi connectivity index (χ3n) is 4.01. The zero-order valence-electron chi connectivity index (χ0n) is 11.0. The van der Waals surface area contributed by atoms with E-state index in [4.69, 9.17) is 0 Å². The maximum atomic E-state index is 11.2. The Labute approximate surface area is 111 Å². The largest absolute Gasteiger partial charge is 0.544 e. The van der Waals surface area contributed by atoms with E-state index < -0.39 is 12.0 Å². The van der Waals surface area contributed by atoms with Gasteiger partial charge in [0.2, 0.25) is 0 Å². The number of hydrogen-bond acceptors (Lipinski definition) is 2. The van der Waals surface area contributed by atoms with Gasteiger partial charge in [0, 0.05) is 23.7 Å². The van der Waals surface area contributed by atoms with Crippen LogP contribution in [0.1, 0.15) is 37.1 Å². The smallest absolute Gasteiger partial charge is 0.131 e. The van der Waals surface area contributed by atoms with Crippen molar-refractivity contribution in [3.05, 3.63) is 35.5 Å². The van der Waals surface area contributed by atoms with Crippen molar-refractivity contribution in [2.45, 2.75) is 38.3 Å². The molecule has 0 bridgehead atoms. The van der Waals surface area contributed by atoms with Gasteiger partial charge in [-0.05, 0) is 11.6 Å². The number of H-pyrrole nitrogens is 1. The van der Waals surface area contributed by atoms with Crippen LogP contribution in [0.25, 0.3) is 10.9 Å². The third-order valence-corrected chi connectivity index (χ3v) is 4.01. The Morgan fingerprint density at radius 1 is 1.47 bits per heavy atom. The van der Waals surface area contributed by atoms with E-state index >= 15 is 0 Å². The SMILES string of the molecule is CCC[C@H]1[NH2+][C@@H](C(=O)[O-])Cc2c1[nH]c1ccccc21. The summed E-state index contributed by atoms with van der Waals surface area (Å²) in [7, 11) is 0. The van der Waals surface area contributed by atoms with Gasteiger partial charge >= 0.3 is 0 Å². The van der Waals surface area contributed by atoms with Gasteiger partial charge in [-0.2, -0.15) is 0 Å². The fourth-order valence-corrected chi connectivity index (χ4v) is 3.14. The predicted octanol–water partition coefficient (Wildman–Crippen LogP) is 0.247. The first-order valence-corrected chi connectivity index (χ1v) is 6.86. The minimum absolute atomic E-state index is 0.198. The monoisotopic (exact) mass is 258 g/mol. The van der Waals surface area contributed by atoms with Crippen LogP contribution >= 0.6 is 0 Å². The Kier molecular flexibility index (Phi) is 3.03. The molecular weight excluding hydrogens is 240 g/mol. The van der Waals surface area contributed by atoms with Crippen molar-refractivity contribution in [2.24, 2.45) is 0 Å². The molecule has 0 aliphatic carbocycles. The molecule has 2 aromatic rings. The maximum absolute atomic E-state index is 11.2. The number of aromatic amines is 1. The van der Waals surface area contributed by atoms with Crippen LogP contribution in [0.5, 0.6) is 0 Å². The quantitative estimate of drug-likeness (QED) is 0.828. The second-order valence-corrected chi connectivity index (χ2v) is 5.28. The summed E-state index contributed by atoms with van der Waals surface area (Å²) < 4.78 is 0. The number of quaternary nitrogens is 1. The Morgan fingerprint density at radius 2 is 2.26 bits per heavy atom. The lowest BCUT2D eigenvalue weighted by Crippen LogP contribution is -2.95. The average molecular weight is 258 g/mol. The molecule has 2 atom stereocenters. The highest BCUT2D eigenvalue weighted by Crippen LogP contribution is 2.30. The first kappa shape index (κ1) is 12.2. The number of carbonyl (C=O) groups excluding carboxylic acids is 1. The number of benzene rings is 1. The zero-order valence-corrected chi connectivity index (χ0v) is 11.0. The Balaban J connectivity index is 2.11. The molecule has 0 radical (unpaired) electrons. The number of rotatable bonds is 3. The van der Waals surface area contributed by atoms with Gasteiger partial charge in [0.1, 0.15) is 12.1 Å². The van der Waals surface area contributed by atoms with Crippen LogP contribution in [-0.4, -0.2) is 17.0 Å². The van der Waals surface area contributed by atoms with Crippen molar-refractivity contribution in [1.29, 1.82) is 0 Å². The molecule has 19 heavy (non-hydrogen) atoms. The van der Waals surface area contributed by atoms with E-state index in [-0.39, 0.29) is 6.04 Å². The van der Waals surface area contributed by atoms with Crippen molar-refractivity contribution < 1.29 is 15.2 Å². The number of aromatic nitrogens is 1.